The molecule has 0 aromatic carbocycles. The van der Waals surface area contributed by atoms with E-state index in [1.807, 2.05) is 0 Å². The molecule has 134 valence electrons. The van der Waals surface area contributed by atoms with Crippen LogP contribution in [0.4, 0.5) is 16.0 Å². The van der Waals surface area contributed by atoms with Crippen molar-refractivity contribution in [1.82, 2.24) is 34.7 Å². The standard InChI is InChI=1S/C17H13FN8O/c1-27-12-7-11(8-20-9-12)15-14(18)16(23-13-10-19-4-5-21-13)25-17(24-15)26-6-2-3-22-26/h2-10H,1H3,(H,21,23,24,25). The lowest BCUT2D eigenvalue weighted by atomic mass is 10.2. The summed E-state index contributed by atoms with van der Waals surface area (Å²) < 4.78 is 21.8. The van der Waals surface area contributed by atoms with E-state index >= 15 is 4.39 Å². The van der Waals surface area contributed by atoms with Crippen LogP contribution in [0.25, 0.3) is 17.2 Å². The molecule has 0 amide bonds. The largest absolute Gasteiger partial charge is 0.495 e. The van der Waals surface area contributed by atoms with E-state index in [0.29, 0.717) is 17.1 Å². The van der Waals surface area contributed by atoms with Gasteiger partial charge in [-0.05, 0) is 12.1 Å². The quantitative estimate of drug-likeness (QED) is 0.576. The number of aromatic nitrogens is 7. The van der Waals surface area contributed by atoms with Gasteiger partial charge in [-0.3, -0.25) is 9.97 Å². The van der Waals surface area contributed by atoms with Crippen LogP contribution in [-0.2, 0) is 0 Å². The first kappa shape index (κ1) is 16.5. The minimum atomic E-state index is -0.661. The van der Waals surface area contributed by atoms with Crippen molar-refractivity contribution in [3.05, 3.63) is 61.3 Å². The summed E-state index contributed by atoms with van der Waals surface area (Å²) >= 11 is 0. The molecule has 0 bridgehead atoms. The monoisotopic (exact) mass is 364 g/mol. The number of rotatable bonds is 5. The Morgan fingerprint density at radius 2 is 2.00 bits per heavy atom. The molecule has 10 heteroatoms. The lowest BCUT2D eigenvalue weighted by molar-refractivity contribution is 0.413. The summed E-state index contributed by atoms with van der Waals surface area (Å²) in [5.74, 6) is 0.289. The van der Waals surface area contributed by atoms with Gasteiger partial charge in [-0.1, -0.05) is 0 Å². The molecule has 0 saturated carbocycles. The summed E-state index contributed by atoms with van der Waals surface area (Å²) in [7, 11) is 1.51. The van der Waals surface area contributed by atoms with E-state index in [1.54, 1.807) is 24.5 Å². The average Bonchev–Trinajstić information content (AvgIpc) is 3.25. The molecule has 1 N–H and O–H groups in total. The minimum Gasteiger partial charge on any atom is -0.495 e. The smallest absolute Gasteiger partial charge is 0.253 e. The molecule has 4 aromatic rings. The Kier molecular flexibility index (Phi) is 4.35. The van der Waals surface area contributed by atoms with Gasteiger partial charge in [0.25, 0.3) is 5.95 Å². The number of halogens is 1. The first-order chi connectivity index (χ1) is 13.2. The first-order valence-electron chi connectivity index (χ1n) is 7.84. The summed E-state index contributed by atoms with van der Waals surface area (Å²) in [6.45, 7) is 0. The molecule has 0 fully saturated rings. The highest BCUT2D eigenvalue weighted by Gasteiger charge is 2.18. The summed E-state index contributed by atoms with van der Waals surface area (Å²) in [6.07, 6.45) is 10.7. The number of pyridine rings is 1. The van der Waals surface area contributed by atoms with Crippen molar-refractivity contribution in [2.45, 2.75) is 0 Å². The fourth-order valence-corrected chi connectivity index (χ4v) is 2.34. The number of hydrogen-bond donors (Lipinski definition) is 1. The van der Waals surface area contributed by atoms with Crippen LogP contribution in [0.5, 0.6) is 5.75 Å². The van der Waals surface area contributed by atoms with Crippen LogP contribution >= 0.6 is 0 Å². The molecule has 0 spiro atoms. The average molecular weight is 364 g/mol. The second-order valence-corrected chi connectivity index (χ2v) is 5.31. The molecule has 0 aliphatic heterocycles. The minimum absolute atomic E-state index is 0.0493. The third-order valence-corrected chi connectivity index (χ3v) is 3.58. The van der Waals surface area contributed by atoms with Gasteiger partial charge in [0.1, 0.15) is 17.3 Å². The summed E-state index contributed by atoms with van der Waals surface area (Å²) in [5, 5.41) is 6.93. The molecule has 0 unspecified atom stereocenters. The molecule has 27 heavy (non-hydrogen) atoms. The van der Waals surface area contributed by atoms with Gasteiger partial charge in [-0.15, -0.1) is 0 Å². The molecule has 0 atom stereocenters. The molecule has 0 radical (unpaired) electrons. The predicted octanol–water partition coefficient (Wildman–Crippen LogP) is 2.41. The van der Waals surface area contributed by atoms with Gasteiger partial charge in [0, 0.05) is 36.5 Å². The summed E-state index contributed by atoms with van der Waals surface area (Å²) in [5.41, 5.74) is 0.484. The van der Waals surface area contributed by atoms with E-state index in [0.717, 1.165) is 0 Å². The van der Waals surface area contributed by atoms with Crippen molar-refractivity contribution >= 4 is 11.6 Å². The number of methoxy groups -OCH3 is 1. The van der Waals surface area contributed by atoms with E-state index in [1.165, 1.54) is 42.8 Å². The second-order valence-electron chi connectivity index (χ2n) is 5.31. The normalized spacial score (nSPS) is 10.6. The van der Waals surface area contributed by atoms with Gasteiger partial charge < -0.3 is 10.1 Å². The van der Waals surface area contributed by atoms with Crippen LogP contribution < -0.4 is 10.1 Å². The number of anilines is 2. The van der Waals surface area contributed by atoms with Crippen LogP contribution in [0, 0.1) is 5.82 Å². The van der Waals surface area contributed by atoms with E-state index in [2.05, 4.69) is 35.3 Å². The molecular weight excluding hydrogens is 351 g/mol. The molecule has 0 aliphatic carbocycles. The van der Waals surface area contributed by atoms with Gasteiger partial charge in [-0.2, -0.15) is 10.1 Å². The van der Waals surface area contributed by atoms with E-state index in [-0.39, 0.29) is 17.5 Å². The van der Waals surface area contributed by atoms with Crippen molar-refractivity contribution < 1.29 is 9.13 Å². The fraction of sp³-hybridized carbons (Fsp3) is 0.0588. The molecule has 4 rings (SSSR count). The Bertz CT molecular complexity index is 1060. The number of ether oxygens (including phenoxy) is 1. The number of nitrogens with one attached hydrogen (secondary N) is 1. The lowest BCUT2D eigenvalue weighted by Crippen LogP contribution is -2.09. The molecule has 0 aliphatic rings. The van der Waals surface area contributed by atoms with Crippen LogP contribution in [0.15, 0.2) is 55.5 Å². The highest BCUT2D eigenvalue weighted by Crippen LogP contribution is 2.28. The Labute approximate surface area is 153 Å². The number of nitrogens with zero attached hydrogens (tertiary/aromatic N) is 7. The topological polar surface area (TPSA) is 104 Å². The van der Waals surface area contributed by atoms with Crippen molar-refractivity contribution in [2.24, 2.45) is 0 Å². The molecule has 4 aromatic heterocycles. The third-order valence-electron chi connectivity index (χ3n) is 3.58. The van der Waals surface area contributed by atoms with Gasteiger partial charge >= 0.3 is 0 Å². The maximum Gasteiger partial charge on any atom is 0.253 e. The van der Waals surface area contributed by atoms with Crippen LogP contribution in [0.1, 0.15) is 0 Å². The Balaban J connectivity index is 1.86. The SMILES string of the molecule is COc1cncc(-c2nc(-n3cccn3)nc(Nc3cnccn3)c2F)c1. The predicted molar refractivity (Wildman–Crippen MR) is 94.2 cm³/mol. The molecule has 9 nitrogen and oxygen atoms in total. The molecular formula is C17H13FN8O. The Hall–Kier alpha value is -3.95. The molecule has 4 heterocycles. The van der Waals surface area contributed by atoms with Crippen LogP contribution in [0.3, 0.4) is 0 Å². The van der Waals surface area contributed by atoms with Crippen molar-refractivity contribution in [2.75, 3.05) is 12.4 Å². The van der Waals surface area contributed by atoms with E-state index in [9.17, 15) is 0 Å². The van der Waals surface area contributed by atoms with Crippen LogP contribution in [0.2, 0.25) is 0 Å². The maximum atomic E-state index is 15.2. The lowest BCUT2D eigenvalue weighted by Gasteiger charge is -2.11. The second kappa shape index (κ2) is 7.12. The van der Waals surface area contributed by atoms with Crippen molar-refractivity contribution in [3.63, 3.8) is 0 Å². The fourth-order valence-electron chi connectivity index (χ4n) is 2.34. The van der Waals surface area contributed by atoms with Gasteiger partial charge in [0.05, 0.1) is 19.5 Å². The van der Waals surface area contributed by atoms with E-state index in [4.69, 9.17) is 4.74 Å². The van der Waals surface area contributed by atoms with Gasteiger partial charge in [-0.25, -0.2) is 19.0 Å². The van der Waals surface area contributed by atoms with E-state index < -0.39 is 5.82 Å². The zero-order valence-electron chi connectivity index (χ0n) is 14.1. The third kappa shape index (κ3) is 3.40. The van der Waals surface area contributed by atoms with Crippen molar-refractivity contribution in [3.8, 4) is 23.0 Å². The van der Waals surface area contributed by atoms with Crippen LogP contribution in [-0.4, -0.2) is 41.8 Å². The maximum absolute atomic E-state index is 15.2. The highest BCUT2D eigenvalue weighted by atomic mass is 19.1. The van der Waals surface area contributed by atoms with Gasteiger partial charge in [0.15, 0.2) is 11.6 Å². The summed E-state index contributed by atoms with van der Waals surface area (Å²) in [4.78, 5) is 20.6. The summed E-state index contributed by atoms with van der Waals surface area (Å²) in [6, 6.07) is 3.35. The Morgan fingerprint density at radius 3 is 2.74 bits per heavy atom. The first-order valence-corrected chi connectivity index (χ1v) is 7.84. The van der Waals surface area contributed by atoms with Gasteiger partial charge in [0.2, 0.25) is 0 Å². The highest BCUT2D eigenvalue weighted by molar-refractivity contribution is 5.67. The molecule has 0 saturated heterocycles. The zero-order chi connectivity index (χ0) is 18.6. The Morgan fingerprint density at radius 1 is 1.07 bits per heavy atom. The van der Waals surface area contributed by atoms with Crippen molar-refractivity contribution in [1.29, 1.82) is 0 Å². The number of hydrogen-bond acceptors (Lipinski definition) is 8. The zero-order valence-corrected chi connectivity index (χ0v) is 14.1.